The second-order valence-corrected chi connectivity index (χ2v) is 6.24. The fraction of sp³-hybridized carbons (Fsp3) is 0.625. The van der Waals surface area contributed by atoms with Crippen molar-refractivity contribution in [3.63, 3.8) is 0 Å². The number of rotatable bonds is 6. The number of phenolic OH excluding ortho intramolecular Hbond substituents is 1. The third-order valence-corrected chi connectivity index (χ3v) is 4.26. The van der Waals surface area contributed by atoms with Crippen LogP contribution >= 0.6 is 11.6 Å². The zero-order valence-electron chi connectivity index (χ0n) is 12.2. The second kappa shape index (κ2) is 7.87. The van der Waals surface area contributed by atoms with E-state index in [4.69, 9.17) is 11.6 Å². The molecule has 1 unspecified atom stereocenters. The molecule has 2 rings (SSSR count). The molecule has 0 saturated carbocycles. The van der Waals surface area contributed by atoms with Crippen LogP contribution in [-0.2, 0) is 6.54 Å². The van der Waals surface area contributed by atoms with Crippen LogP contribution in [0.15, 0.2) is 18.2 Å². The third kappa shape index (κ3) is 4.65. The first-order chi connectivity index (χ1) is 9.66. The first-order valence-electron chi connectivity index (χ1n) is 7.56. The Bertz CT molecular complexity index is 399. The molecule has 1 aliphatic rings. The molecular weight excluding hydrogens is 272 g/mol. The highest BCUT2D eigenvalue weighted by Crippen LogP contribution is 2.24. The lowest BCUT2D eigenvalue weighted by Crippen LogP contribution is -2.36. The Morgan fingerprint density at radius 3 is 2.75 bits per heavy atom. The summed E-state index contributed by atoms with van der Waals surface area (Å²) in [5.41, 5.74) is 0.791. The predicted molar refractivity (Wildman–Crippen MR) is 84.3 cm³/mol. The van der Waals surface area contributed by atoms with Crippen molar-refractivity contribution in [1.29, 1.82) is 0 Å². The van der Waals surface area contributed by atoms with Gasteiger partial charge in [0.2, 0.25) is 0 Å². The molecule has 1 aromatic carbocycles. The van der Waals surface area contributed by atoms with Gasteiger partial charge in [-0.2, -0.15) is 0 Å². The zero-order chi connectivity index (χ0) is 14.4. The number of nitrogens with one attached hydrogen (secondary N) is 1. The van der Waals surface area contributed by atoms with E-state index in [0.717, 1.165) is 18.7 Å². The SMILES string of the molecule is CC(CNCc1c(O)cccc1Cl)CN1CCCCC1. The van der Waals surface area contributed by atoms with E-state index < -0.39 is 0 Å². The van der Waals surface area contributed by atoms with Gasteiger partial charge in [0.05, 0.1) is 0 Å². The lowest BCUT2D eigenvalue weighted by molar-refractivity contribution is 0.199. The summed E-state index contributed by atoms with van der Waals surface area (Å²) >= 11 is 6.09. The number of hydrogen-bond donors (Lipinski definition) is 2. The number of hydrogen-bond acceptors (Lipinski definition) is 3. The maximum absolute atomic E-state index is 9.78. The van der Waals surface area contributed by atoms with Crippen molar-refractivity contribution in [2.75, 3.05) is 26.2 Å². The van der Waals surface area contributed by atoms with Crippen molar-refractivity contribution in [2.24, 2.45) is 5.92 Å². The van der Waals surface area contributed by atoms with E-state index in [1.54, 1.807) is 12.1 Å². The summed E-state index contributed by atoms with van der Waals surface area (Å²) in [5.74, 6) is 0.881. The van der Waals surface area contributed by atoms with E-state index in [0.29, 0.717) is 17.5 Å². The summed E-state index contributed by atoms with van der Waals surface area (Å²) in [6, 6.07) is 5.26. The average molecular weight is 297 g/mol. The van der Waals surface area contributed by atoms with Crippen molar-refractivity contribution in [3.05, 3.63) is 28.8 Å². The van der Waals surface area contributed by atoms with Gasteiger partial charge in [-0.25, -0.2) is 0 Å². The Morgan fingerprint density at radius 1 is 1.30 bits per heavy atom. The third-order valence-electron chi connectivity index (χ3n) is 3.91. The lowest BCUT2D eigenvalue weighted by atomic mass is 10.1. The largest absolute Gasteiger partial charge is 0.508 e. The summed E-state index contributed by atoms with van der Waals surface area (Å²) in [6.45, 7) is 7.48. The molecule has 0 bridgehead atoms. The van der Waals surface area contributed by atoms with Crippen LogP contribution in [0, 0.1) is 5.92 Å². The van der Waals surface area contributed by atoms with Gasteiger partial charge < -0.3 is 15.3 Å². The molecule has 1 heterocycles. The Labute approximate surface area is 126 Å². The maximum Gasteiger partial charge on any atom is 0.121 e. The molecule has 1 fully saturated rings. The summed E-state index contributed by atoms with van der Waals surface area (Å²) in [5, 5.41) is 13.8. The Balaban J connectivity index is 1.72. The quantitative estimate of drug-likeness (QED) is 0.846. The van der Waals surface area contributed by atoms with E-state index in [9.17, 15) is 5.11 Å². The molecule has 0 amide bonds. The zero-order valence-corrected chi connectivity index (χ0v) is 13.0. The van der Waals surface area contributed by atoms with Gasteiger partial charge >= 0.3 is 0 Å². The molecule has 1 saturated heterocycles. The molecule has 4 heteroatoms. The van der Waals surface area contributed by atoms with Crippen LogP contribution in [0.5, 0.6) is 5.75 Å². The maximum atomic E-state index is 9.78. The number of benzene rings is 1. The molecule has 1 atom stereocenters. The van der Waals surface area contributed by atoms with Gasteiger partial charge in [0.15, 0.2) is 0 Å². The smallest absolute Gasteiger partial charge is 0.121 e. The average Bonchev–Trinajstić information content (AvgIpc) is 2.43. The molecule has 1 aromatic rings. The number of halogens is 1. The van der Waals surface area contributed by atoms with Gasteiger partial charge in [-0.05, 0) is 50.5 Å². The van der Waals surface area contributed by atoms with Gasteiger partial charge in [-0.15, -0.1) is 0 Å². The summed E-state index contributed by atoms with van der Waals surface area (Å²) in [7, 11) is 0. The van der Waals surface area contributed by atoms with Crippen molar-refractivity contribution >= 4 is 11.6 Å². The summed E-state index contributed by atoms with van der Waals surface area (Å²) < 4.78 is 0. The van der Waals surface area contributed by atoms with Crippen molar-refractivity contribution in [1.82, 2.24) is 10.2 Å². The molecule has 1 aliphatic heterocycles. The van der Waals surface area contributed by atoms with Crippen molar-refractivity contribution in [2.45, 2.75) is 32.7 Å². The molecule has 0 aliphatic carbocycles. The van der Waals surface area contributed by atoms with Crippen LogP contribution < -0.4 is 5.32 Å². The second-order valence-electron chi connectivity index (χ2n) is 5.83. The molecule has 2 N–H and O–H groups in total. The van der Waals surface area contributed by atoms with Crippen LogP contribution in [0.3, 0.4) is 0 Å². The normalized spacial score (nSPS) is 18.1. The van der Waals surface area contributed by atoms with Crippen molar-refractivity contribution < 1.29 is 5.11 Å². The standard InChI is InChI=1S/C16H25ClN2O/c1-13(12-19-8-3-2-4-9-19)10-18-11-14-15(17)6-5-7-16(14)20/h5-7,13,18,20H,2-4,8-12H2,1H3. The number of nitrogens with zero attached hydrogens (tertiary/aromatic N) is 1. The number of aromatic hydroxyl groups is 1. The van der Waals surface area contributed by atoms with E-state index in [1.165, 1.54) is 32.4 Å². The van der Waals surface area contributed by atoms with Gasteiger partial charge in [0.25, 0.3) is 0 Å². The minimum atomic E-state index is 0.272. The highest BCUT2D eigenvalue weighted by molar-refractivity contribution is 6.31. The number of likely N-dealkylation sites (tertiary alicyclic amines) is 1. The van der Waals surface area contributed by atoms with Gasteiger partial charge in [0, 0.05) is 23.7 Å². The highest BCUT2D eigenvalue weighted by atomic mass is 35.5. The molecule has 0 aromatic heterocycles. The minimum absolute atomic E-state index is 0.272. The van der Waals surface area contributed by atoms with Crippen LogP contribution in [0.25, 0.3) is 0 Å². The summed E-state index contributed by atoms with van der Waals surface area (Å²) in [6.07, 6.45) is 4.07. The van der Waals surface area contributed by atoms with E-state index >= 15 is 0 Å². The highest BCUT2D eigenvalue weighted by Gasteiger charge is 2.13. The number of piperidine rings is 1. The van der Waals surface area contributed by atoms with Crippen LogP contribution in [-0.4, -0.2) is 36.2 Å². The van der Waals surface area contributed by atoms with Gasteiger partial charge in [-0.1, -0.05) is 31.0 Å². The molecule has 112 valence electrons. The predicted octanol–water partition coefficient (Wildman–Crippen LogP) is 3.26. The fourth-order valence-electron chi connectivity index (χ4n) is 2.81. The minimum Gasteiger partial charge on any atom is -0.508 e. The Hall–Kier alpha value is -0.770. The van der Waals surface area contributed by atoms with E-state index in [1.807, 2.05) is 6.07 Å². The number of phenols is 1. The van der Waals surface area contributed by atoms with E-state index in [2.05, 4.69) is 17.1 Å². The fourth-order valence-corrected chi connectivity index (χ4v) is 3.05. The summed E-state index contributed by atoms with van der Waals surface area (Å²) in [4.78, 5) is 2.56. The molecule has 20 heavy (non-hydrogen) atoms. The molecule has 3 nitrogen and oxygen atoms in total. The molecule has 0 radical (unpaired) electrons. The van der Waals surface area contributed by atoms with Gasteiger partial charge in [0.1, 0.15) is 5.75 Å². The lowest BCUT2D eigenvalue weighted by Gasteiger charge is -2.29. The van der Waals surface area contributed by atoms with Crippen LogP contribution in [0.2, 0.25) is 5.02 Å². The van der Waals surface area contributed by atoms with Crippen LogP contribution in [0.4, 0.5) is 0 Å². The Morgan fingerprint density at radius 2 is 2.05 bits per heavy atom. The molecular formula is C16H25ClN2O. The Kier molecular flexibility index (Phi) is 6.14. The monoisotopic (exact) mass is 296 g/mol. The molecule has 0 spiro atoms. The topological polar surface area (TPSA) is 35.5 Å². The first-order valence-corrected chi connectivity index (χ1v) is 7.94. The van der Waals surface area contributed by atoms with Gasteiger partial charge in [-0.3, -0.25) is 0 Å². The van der Waals surface area contributed by atoms with Crippen LogP contribution in [0.1, 0.15) is 31.7 Å². The first kappa shape index (κ1) is 15.6. The van der Waals surface area contributed by atoms with Crippen molar-refractivity contribution in [3.8, 4) is 5.75 Å². The van der Waals surface area contributed by atoms with E-state index in [-0.39, 0.29) is 5.75 Å².